The van der Waals surface area contributed by atoms with Crippen LogP contribution in [-0.4, -0.2) is 38.1 Å². The Kier molecular flexibility index (Phi) is 7.00. The molecule has 1 atom stereocenters. The van der Waals surface area contributed by atoms with Crippen LogP contribution in [0.3, 0.4) is 0 Å². The van der Waals surface area contributed by atoms with E-state index in [2.05, 4.69) is 16.0 Å². The Morgan fingerprint density at radius 2 is 1.81 bits per heavy atom. The molecule has 1 fully saturated rings. The quantitative estimate of drug-likeness (QED) is 0.750. The number of ether oxygens (including phenoxy) is 1. The van der Waals surface area contributed by atoms with Gasteiger partial charge in [0.1, 0.15) is 5.75 Å². The van der Waals surface area contributed by atoms with Crippen LogP contribution in [0, 0.1) is 0 Å². The maximum Gasteiger partial charge on any atom is 0.255 e. The van der Waals surface area contributed by atoms with E-state index in [4.69, 9.17) is 4.74 Å². The number of amides is 2. The maximum absolute atomic E-state index is 12.5. The van der Waals surface area contributed by atoms with Gasteiger partial charge in [-0.15, -0.1) is 12.4 Å². The lowest BCUT2D eigenvalue weighted by molar-refractivity contribution is 0.0941. The van der Waals surface area contributed by atoms with Gasteiger partial charge in [0.15, 0.2) is 0 Å². The number of hydrogen-bond acceptors (Lipinski definition) is 4. The second kappa shape index (κ2) is 9.22. The number of carbonyl (C=O) groups excluding carboxylic acids is 2. The van der Waals surface area contributed by atoms with Crippen LogP contribution in [0.1, 0.15) is 27.1 Å². The molecule has 1 aliphatic rings. The summed E-state index contributed by atoms with van der Waals surface area (Å²) in [5.41, 5.74) is 1.44. The summed E-state index contributed by atoms with van der Waals surface area (Å²) in [6.07, 6.45) is 0.909. The normalized spacial score (nSPS) is 15.7. The number of carbonyl (C=O) groups is 2. The molecule has 26 heavy (non-hydrogen) atoms. The van der Waals surface area contributed by atoms with Crippen LogP contribution >= 0.6 is 12.4 Å². The predicted octanol–water partition coefficient (Wildman–Crippen LogP) is 2.46. The van der Waals surface area contributed by atoms with E-state index in [1.807, 2.05) is 0 Å². The minimum Gasteiger partial charge on any atom is -0.497 e. The largest absolute Gasteiger partial charge is 0.497 e. The van der Waals surface area contributed by atoms with Crippen LogP contribution in [0.4, 0.5) is 5.69 Å². The first kappa shape index (κ1) is 19.8. The minimum absolute atomic E-state index is 0. The van der Waals surface area contributed by atoms with Gasteiger partial charge >= 0.3 is 0 Å². The van der Waals surface area contributed by atoms with Gasteiger partial charge in [-0.1, -0.05) is 12.1 Å². The topological polar surface area (TPSA) is 79.5 Å². The maximum atomic E-state index is 12.5. The van der Waals surface area contributed by atoms with E-state index in [0.717, 1.165) is 19.5 Å². The molecule has 3 rings (SSSR count). The highest BCUT2D eigenvalue weighted by molar-refractivity contribution is 6.09. The molecule has 3 N–H and O–H groups in total. The lowest BCUT2D eigenvalue weighted by atomic mass is 10.1. The number of hydrogen-bond donors (Lipinski definition) is 3. The average molecular weight is 376 g/mol. The van der Waals surface area contributed by atoms with Crippen molar-refractivity contribution in [3.05, 3.63) is 59.7 Å². The van der Waals surface area contributed by atoms with Gasteiger partial charge in [-0.2, -0.15) is 0 Å². The fourth-order valence-corrected chi connectivity index (χ4v) is 2.77. The van der Waals surface area contributed by atoms with E-state index >= 15 is 0 Å². The van der Waals surface area contributed by atoms with Crippen LogP contribution in [-0.2, 0) is 0 Å². The third kappa shape index (κ3) is 4.74. The molecular weight excluding hydrogens is 354 g/mol. The van der Waals surface area contributed by atoms with Gasteiger partial charge in [0.25, 0.3) is 11.8 Å². The molecule has 0 saturated carbocycles. The lowest BCUT2D eigenvalue weighted by Gasteiger charge is -2.14. The highest BCUT2D eigenvalue weighted by atomic mass is 35.5. The van der Waals surface area contributed by atoms with E-state index in [9.17, 15) is 9.59 Å². The highest BCUT2D eigenvalue weighted by Crippen LogP contribution is 2.18. The first-order valence-corrected chi connectivity index (χ1v) is 8.23. The number of benzene rings is 2. The van der Waals surface area contributed by atoms with Crippen molar-refractivity contribution in [2.75, 3.05) is 25.5 Å². The lowest BCUT2D eigenvalue weighted by Crippen LogP contribution is -2.36. The smallest absolute Gasteiger partial charge is 0.255 e. The molecule has 1 unspecified atom stereocenters. The van der Waals surface area contributed by atoms with Crippen molar-refractivity contribution in [1.82, 2.24) is 10.6 Å². The summed E-state index contributed by atoms with van der Waals surface area (Å²) < 4.78 is 5.09. The Bertz CT molecular complexity index is 759. The minimum atomic E-state index is -0.273. The summed E-state index contributed by atoms with van der Waals surface area (Å²) in [4.78, 5) is 25.0. The van der Waals surface area contributed by atoms with Gasteiger partial charge < -0.3 is 20.7 Å². The van der Waals surface area contributed by atoms with E-state index in [1.54, 1.807) is 55.6 Å². The molecule has 6 nitrogen and oxygen atoms in total. The molecule has 0 spiro atoms. The van der Waals surface area contributed by atoms with Crippen molar-refractivity contribution in [1.29, 1.82) is 0 Å². The van der Waals surface area contributed by atoms with Crippen LogP contribution in [0.15, 0.2) is 48.5 Å². The van der Waals surface area contributed by atoms with Crippen molar-refractivity contribution in [3.8, 4) is 5.75 Å². The first-order chi connectivity index (χ1) is 12.2. The summed E-state index contributed by atoms with van der Waals surface area (Å²) in [7, 11) is 1.57. The number of para-hydroxylation sites is 1. The fraction of sp³-hybridized carbons (Fsp3) is 0.263. The zero-order valence-electron chi connectivity index (χ0n) is 14.5. The van der Waals surface area contributed by atoms with Gasteiger partial charge in [0.2, 0.25) is 0 Å². The van der Waals surface area contributed by atoms with Gasteiger partial charge in [-0.3, -0.25) is 9.59 Å². The molecule has 1 aliphatic heterocycles. The summed E-state index contributed by atoms with van der Waals surface area (Å²) in [5, 5.41) is 9.02. The van der Waals surface area contributed by atoms with Crippen LogP contribution in [0.2, 0.25) is 0 Å². The monoisotopic (exact) mass is 375 g/mol. The van der Waals surface area contributed by atoms with E-state index < -0.39 is 0 Å². The molecule has 0 aromatic heterocycles. The molecule has 2 amide bonds. The Labute approximate surface area is 158 Å². The summed E-state index contributed by atoms with van der Waals surface area (Å²) >= 11 is 0. The molecule has 0 radical (unpaired) electrons. The molecule has 1 saturated heterocycles. The zero-order chi connectivity index (χ0) is 17.6. The second-order valence-corrected chi connectivity index (χ2v) is 5.89. The second-order valence-electron chi connectivity index (χ2n) is 5.89. The van der Waals surface area contributed by atoms with Crippen molar-refractivity contribution in [2.24, 2.45) is 0 Å². The number of halogens is 1. The average Bonchev–Trinajstić information content (AvgIpc) is 3.15. The Morgan fingerprint density at radius 3 is 2.46 bits per heavy atom. The molecule has 2 aromatic carbocycles. The van der Waals surface area contributed by atoms with Gasteiger partial charge in [-0.25, -0.2) is 0 Å². The van der Waals surface area contributed by atoms with Crippen molar-refractivity contribution in [2.45, 2.75) is 12.5 Å². The Balaban J connectivity index is 0.00000243. The zero-order valence-corrected chi connectivity index (χ0v) is 15.3. The number of methoxy groups -OCH3 is 1. The highest BCUT2D eigenvalue weighted by Gasteiger charge is 2.20. The van der Waals surface area contributed by atoms with Crippen LogP contribution < -0.4 is 20.7 Å². The summed E-state index contributed by atoms with van der Waals surface area (Å²) in [6.45, 7) is 1.67. The van der Waals surface area contributed by atoms with E-state index in [0.29, 0.717) is 22.6 Å². The van der Waals surface area contributed by atoms with E-state index in [-0.39, 0.29) is 30.3 Å². The van der Waals surface area contributed by atoms with Crippen molar-refractivity contribution < 1.29 is 14.3 Å². The number of anilines is 1. The fourth-order valence-electron chi connectivity index (χ4n) is 2.77. The number of rotatable bonds is 5. The third-order valence-corrected chi connectivity index (χ3v) is 4.17. The standard InChI is InChI=1S/C19H21N3O3.ClH/c1-25-15-8-6-13(7-9-15)18(23)22-17-5-3-2-4-16(17)19(24)21-14-10-11-20-12-14;/h2-9,14,20H,10-12H2,1H3,(H,21,24)(H,22,23);1H. The molecule has 2 aromatic rings. The third-order valence-electron chi connectivity index (χ3n) is 4.17. The predicted molar refractivity (Wildman–Crippen MR) is 103 cm³/mol. The van der Waals surface area contributed by atoms with E-state index in [1.165, 1.54) is 0 Å². The first-order valence-electron chi connectivity index (χ1n) is 8.23. The summed E-state index contributed by atoms with van der Waals surface area (Å²) in [5.74, 6) is 0.228. The Hall–Kier alpha value is -2.57. The number of nitrogens with one attached hydrogen (secondary N) is 3. The van der Waals surface area contributed by atoms with Crippen molar-refractivity contribution in [3.63, 3.8) is 0 Å². The molecule has 1 heterocycles. The van der Waals surface area contributed by atoms with Crippen LogP contribution in [0.5, 0.6) is 5.75 Å². The van der Waals surface area contributed by atoms with Crippen LogP contribution in [0.25, 0.3) is 0 Å². The molecule has 138 valence electrons. The molecule has 0 aliphatic carbocycles. The molecule has 0 bridgehead atoms. The van der Waals surface area contributed by atoms with Gasteiger partial charge in [-0.05, 0) is 49.4 Å². The Morgan fingerprint density at radius 1 is 1.08 bits per heavy atom. The van der Waals surface area contributed by atoms with Crippen molar-refractivity contribution >= 4 is 29.9 Å². The molecular formula is C19H22ClN3O3. The molecule has 7 heteroatoms. The van der Waals surface area contributed by atoms with Gasteiger partial charge in [0.05, 0.1) is 18.4 Å². The van der Waals surface area contributed by atoms with Gasteiger partial charge in [0, 0.05) is 18.2 Å². The SMILES string of the molecule is COc1ccc(C(=O)Nc2ccccc2C(=O)NC2CCNC2)cc1.Cl. The summed E-state index contributed by atoms with van der Waals surface area (Å²) in [6, 6.07) is 13.9.